The summed E-state index contributed by atoms with van der Waals surface area (Å²) < 4.78 is 0. The third-order valence-electron chi connectivity index (χ3n) is 4.23. The highest BCUT2D eigenvalue weighted by Crippen LogP contribution is 2.21. The van der Waals surface area contributed by atoms with E-state index in [0.29, 0.717) is 17.3 Å². The molecule has 2 aromatic carbocycles. The molecule has 1 N–H and O–H groups in total. The van der Waals surface area contributed by atoms with Crippen molar-refractivity contribution in [3.63, 3.8) is 0 Å². The van der Waals surface area contributed by atoms with E-state index in [9.17, 15) is 9.59 Å². The average molecular weight is 419 g/mol. The van der Waals surface area contributed by atoms with Gasteiger partial charge in [-0.05, 0) is 38.0 Å². The first-order chi connectivity index (χ1) is 13.4. The number of nitrogens with zero attached hydrogens (tertiary/aromatic N) is 1. The summed E-state index contributed by atoms with van der Waals surface area (Å²) in [5.41, 5.74) is 2.00. The zero-order valence-corrected chi connectivity index (χ0v) is 18.1. The molecule has 0 radical (unpaired) electrons. The van der Waals surface area contributed by atoms with Crippen molar-refractivity contribution in [1.29, 1.82) is 0 Å². The molecule has 0 bridgehead atoms. The fraction of sp³-hybridized carbons (Fsp3) is 0.364. The fourth-order valence-electron chi connectivity index (χ4n) is 2.71. The van der Waals surface area contributed by atoms with E-state index in [-0.39, 0.29) is 23.6 Å². The highest BCUT2D eigenvalue weighted by atomic mass is 35.5. The molecule has 2 aromatic rings. The standard InChI is InChI=1S/C22H27ClN2O2S/c1-16(2)24-22(27)17(3)25(13-18-9-5-4-6-10-18)21(26)15-28-14-19-11-7-8-12-20(19)23/h4-12,16-17H,13-15H2,1-3H3,(H,24,27)/t17-/m1/s1. The summed E-state index contributed by atoms with van der Waals surface area (Å²) in [4.78, 5) is 27.1. The van der Waals surface area contributed by atoms with E-state index in [1.165, 1.54) is 11.8 Å². The second-order valence-electron chi connectivity index (χ2n) is 6.93. The van der Waals surface area contributed by atoms with Crippen LogP contribution in [0.1, 0.15) is 31.9 Å². The third kappa shape index (κ3) is 6.88. The number of carbonyl (C=O) groups is 2. The van der Waals surface area contributed by atoms with E-state index in [0.717, 1.165) is 11.1 Å². The molecule has 0 aliphatic heterocycles. The van der Waals surface area contributed by atoms with Crippen LogP contribution in [0.4, 0.5) is 0 Å². The Kier molecular flexibility index (Phi) is 8.87. The predicted molar refractivity (Wildman–Crippen MR) is 117 cm³/mol. The molecule has 0 aliphatic carbocycles. The Morgan fingerprint density at radius 3 is 2.32 bits per heavy atom. The fourth-order valence-corrected chi connectivity index (χ4v) is 3.91. The van der Waals surface area contributed by atoms with Crippen LogP contribution in [-0.2, 0) is 21.9 Å². The van der Waals surface area contributed by atoms with E-state index >= 15 is 0 Å². The maximum Gasteiger partial charge on any atom is 0.242 e. The molecule has 4 nitrogen and oxygen atoms in total. The molecular formula is C22H27ClN2O2S. The lowest BCUT2D eigenvalue weighted by atomic mass is 10.1. The topological polar surface area (TPSA) is 49.4 Å². The van der Waals surface area contributed by atoms with Gasteiger partial charge in [-0.2, -0.15) is 0 Å². The summed E-state index contributed by atoms with van der Waals surface area (Å²) in [6, 6.07) is 16.8. The zero-order valence-electron chi connectivity index (χ0n) is 16.5. The van der Waals surface area contributed by atoms with Crippen molar-refractivity contribution < 1.29 is 9.59 Å². The van der Waals surface area contributed by atoms with E-state index in [1.807, 2.05) is 68.4 Å². The minimum atomic E-state index is -0.545. The average Bonchev–Trinajstić information content (AvgIpc) is 2.67. The van der Waals surface area contributed by atoms with Crippen LogP contribution in [0.25, 0.3) is 0 Å². The molecule has 0 saturated heterocycles. The van der Waals surface area contributed by atoms with Crippen molar-refractivity contribution in [2.75, 3.05) is 5.75 Å². The zero-order chi connectivity index (χ0) is 20.5. The highest BCUT2D eigenvalue weighted by Gasteiger charge is 2.26. The summed E-state index contributed by atoms with van der Waals surface area (Å²) in [6.45, 7) is 6.00. The molecule has 0 fully saturated rings. The molecule has 0 aromatic heterocycles. The number of hydrogen-bond acceptors (Lipinski definition) is 3. The Balaban J connectivity index is 2.05. The van der Waals surface area contributed by atoms with Crippen molar-refractivity contribution in [2.24, 2.45) is 0 Å². The summed E-state index contributed by atoms with van der Waals surface area (Å²) in [6.07, 6.45) is 0. The van der Waals surface area contributed by atoms with Gasteiger partial charge in [-0.15, -0.1) is 11.8 Å². The second-order valence-corrected chi connectivity index (χ2v) is 8.32. The van der Waals surface area contributed by atoms with Crippen LogP contribution in [-0.4, -0.2) is 34.6 Å². The van der Waals surface area contributed by atoms with Crippen molar-refractivity contribution in [1.82, 2.24) is 10.2 Å². The van der Waals surface area contributed by atoms with Gasteiger partial charge in [-0.3, -0.25) is 9.59 Å². The van der Waals surface area contributed by atoms with Gasteiger partial charge in [0.05, 0.1) is 5.75 Å². The summed E-state index contributed by atoms with van der Waals surface area (Å²) in [5.74, 6) is 0.733. The summed E-state index contributed by atoms with van der Waals surface area (Å²) in [7, 11) is 0. The minimum absolute atomic E-state index is 0.0261. The lowest BCUT2D eigenvalue weighted by Gasteiger charge is -2.29. The predicted octanol–water partition coefficient (Wildman–Crippen LogP) is 4.52. The van der Waals surface area contributed by atoms with Gasteiger partial charge in [-0.25, -0.2) is 0 Å². The lowest BCUT2D eigenvalue weighted by Crippen LogP contribution is -2.49. The van der Waals surface area contributed by atoms with E-state index in [1.54, 1.807) is 11.8 Å². The second kappa shape index (κ2) is 11.1. The van der Waals surface area contributed by atoms with Crippen LogP contribution < -0.4 is 5.32 Å². The van der Waals surface area contributed by atoms with Gasteiger partial charge in [0.15, 0.2) is 0 Å². The molecule has 0 heterocycles. The Hall–Kier alpha value is -1.98. The number of hydrogen-bond donors (Lipinski definition) is 1. The Morgan fingerprint density at radius 2 is 1.68 bits per heavy atom. The van der Waals surface area contributed by atoms with Gasteiger partial charge in [0, 0.05) is 23.4 Å². The molecular weight excluding hydrogens is 392 g/mol. The van der Waals surface area contributed by atoms with Gasteiger partial charge in [-0.1, -0.05) is 60.1 Å². The quantitative estimate of drug-likeness (QED) is 0.651. The van der Waals surface area contributed by atoms with Gasteiger partial charge in [0.1, 0.15) is 6.04 Å². The van der Waals surface area contributed by atoms with Crippen LogP contribution in [0.2, 0.25) is 5.02 Å². The van der Waals surface area contributed by atoms with Crippen molar-refractivity contribution in [3.05, 3.63) is 70.7 Å². The maximum atomic E-state index is 12.9. The van der Waals surface area contributed by atoms with Crippen LogP contribution in [0.3, 0.4) is 0 Å². The SMILES string of the molecule is CC(C)NC(=O)[C@@H](C)N(Cc1ccccc1)C(=O)CSCc1ccccc1Cl. The van der Waals surface area contributed by atoms with Crippen molar-refractivity contribution in [2.45, 2.75) is 45.2 Å². The molecule has 2 amide bonds. The van der Waals surface area contributed by atoms with Gasteiger partial charge in [0.2, 0.25) is 11.8 Å². The number of halogens is 1. The first-order valence-corrected chi connectivity index (χ1v) is 10.9. The number of amides is 2. The largest absolute Gasteiger partial charge is 0.352 e. The Morgan fingerprint density at radius 1 is 1.04 bits per heavy atom. The van der Waals surface area contributed by atoms with Crippen LogP contribution in [0, 0.1) is 0 Å². The first kappa shape index (κ1) is 22.3. The molecule has 0 spiro atoms. The number of carbonyl (C=O) groups excluding carboxylic acids is 2. The number of nitrogens with one attached hydrogen (secondary N) is 1. The normalized spacial score (nSPS) is 11.9. The van der Waals surface area contributed by atoms with Crippen molar-refractivity contribution >= 4 is 35.2 Å². The summed E-state index contributed by atoms with van der Waals surface area (Å²) >= 11 is 7.69. The third-order valence-corrected chi connectivity index (χ3v) is 5.57. The Bertz CT molecular complexity index is 783. The highest BCUT2D eigenvalue weighted by molar-refractivity contribution is 7.99. The smallest absolute Gasteiger partial charge is 0.242 e. The molecule has 0 saturated carbocycles. The number of thioether (sulfide) groups is 1. The minimum Gasteiger partial charge on any atom is -0.352 e. The summed E-state index contributed by atoms with van der Waals surface area (Å²) in [5, 5.41) is 3.60. The number of rotatable bonds is 9. The van der Waals surface area contributed by atoms with Gasteiger partial charge in [0.25, 0.3) is 0 Å². The van der Waals surface area contributed by atoms with Gasteiger partial charge >= 0.3 is 0 Å². The Labute approximate surface area is 176 Å². The molecule has 1 atom stereocenters. The monoisotopic (exact) mass is 418 g/mol. The van der Waals surface area contributed by atoms with Crippen LogP contribution >= 0.6 is 23.4 Å². The molecule has 28 heavy (non-hydrogen) atoms. The van der Waals surface area contributed by atoms with Gasteiger partial charge < -0.3 is 10.2 Å². The van der Waals surface area contributed by atoms with Crippen LogP contribution in [0.15, 0.2) is 54.6 Å². The first-order valence-electron chi connectivity index (χ1n) is 9.33. The van der Waals surface area contributed by atoms with E-state index in [2.05, 4.69) is 5.32 Å². The molecule has 150 valence electrons. The molecule has 0 aliphatic rings. The van der Waals surface area contributed by atoms with E-state index < -0.39 is 6.04 Å². The molecule has 2 rings (SSSR count). The molecule has 0 unspecified atom stereocenters. The van der Waals surface area contributed by atoms with Crippen molar-refractivity contribution in [3.8, 4) is 0 Å². The maximum absolute atomic E-state index is 12.9. The number of benzene rings is 2. The molecule has 6 heteroatoms. The van der Waals surface area contributed by atoms with E-state index in [4.69, 9.17) is 11.6 Å². The van der Waals surface area contributed by atoms with Crippen LogP contribution in [0.5, 0.6) is 0 Å². The lowest BCUT2D eigenvalue weighted by molar-refractivity contribution is -0.138.